The number of hydrogen-bond donors (Lipinski definition) is 0. The summed E-state index contributed by atoms with van der Waals surface area (Å²) in [6.45, 7) is 1.50. The fourth-order valence-electron chi connectivity index (χ4n) is 2.46. The SMILES string of the molecule is CC(=O)n1c(-c2ccc([N+](=O)[O-])cc2)cc2ccccc21. The van der Waals surface area contributed by atoms with Crippen LogP contribution < -0.4 is 0 Å². The maximum absolute atomic E-state index is 11.9. The number of fused-ring (bicyclic) bond motifs is 1. The van der Waals surface area contributed by atoms with Gasteiger partial charge < -0.3 is 0 Å². The van der Waals surface area contributed by atoms with E-state index < -0.39 is 4.92 Å². The average molecular weight is 280 g/mol. The maximum Gasteiger partial charge on any atom is 0.269 e. The molecule has 5 nitrogen and oxygen atoms in total. The van der Waals surface area contributed by atoms with Gasteiger partial charge in [0.1, 0.15) is 0 Å². The molecule has 1 aromatic heterocycles. The lowest BCUT2D eigenvalue weighted by Crippen LogP contribution is -2.06. The van der Waals surface area contributed by atoms with E-state index in [0.717, 1.165) is 22.2 Å². The summed E-state index contributed by atoms with van der Waals surface area (Å²) in [5, 5.41) is 11.7. The van der Waals surface area contributed by atoms with Gasteiger partial charge in [-0.3, -0.25) is 19.5 Å². The van der Waals surface area contributed by atoms with E-state index in [1.165, 1.54) is 19.1 Å². The second kappa shape index (κ2) is 4.86. The van der Waals surface area contributed by atoms with E-state index >= 15 is 0 Å². The first-order valence-electron chi connectivity index (χ1n) is 6.44. The standard InChI is InChI=1S/C16H12N2O3/c1-11(19)17-15-5-3-2-4-13(15)10-16(17)12-6-8-14(9-7-12)18(20)21/h2-10H,1H3. The number of nitrogens with zero attached hydrogens (tertiary/aromatic N) is 2. The van der Waals surface area contributed by atoms with E-state index in [4.69, 9.17) is 0 Å². The van der Waals surface area contributed by atoms with Crippen molar-refractivity contribution < 1.29 is 9.72 Å². The minimum atomic E-state index is -0.440. The topological polar surface area (TPSA) is 65.1 Å². The first-order valence-corrected chi connectivity index (χ1v) is 6.44. The molecule has 0 N–H and O–H groups in total. The lowest BCUT2D eigenvalue weighted by molar-refractivity contribution is -0.384. The molecule has 0 radical (unpaired) electrons. The summed E-state index contributed by atoms with van der Waals surface area (Å²) >= 11 is 0. The van der Waals surface area contributed by atoms with Crippen LogP contribution in [-0.4, -0.2) is 15.4 Å². The number of carbonyl (C=O) groups excluding carboxylic acids is 1. The highest BCUT2D eigenvalue weighted by atomic mass is 16.6. The molecule has 1 heterocycles. The van der Waals surface area contributed by atoms with Crippen LogP contribution in [0.1, 0.15) is 11.7 Å². The molecule has 0 saturated heterocycles. The number of benzene rings is 2. The monoisotopic (exact) mass is 280 g/mol. The van der Waals surface area contributed by atoms with Gasteiger partial charge in [0.2, 0.25) is 5.91 Å². The van der Waals surface area contributed by atoms with E-state index in [-0.39, 0.29) is 11.6 Å². The van der Waals surface area contributed by atoms with Gasteiger partial charge in [0.15, 0.2) is 0 Å². The van der Waals surface area contributed by atoms with Gasteiger partial charge in [0.25, 0.3) is 5.69 Å². The number of para-hydroxylation sites is 1. The zero-order chi connectivity index (χ0) is 15.0. The Kier molecular flexibility index (Phi) is 3.02. The molecule has 0 aliphatic carbocycles. The van der Waals surface area contributed by atoms with Gasteiger partial charge in [0, 0.05) is 24.4 Å². The summed E-state index contributed by atoms with van der Waals surface area (Å²) in [6, 6.07) is 15.7. The second-order valence-electron chi connectivity index (χ2n) is 4.75. The predicted molar refractivity (Wildman–Crippen MR) is 80.3 cm³/mol. The summed E-state index contributed by atoms with van der Waals surface area (Å²) in [6.07, 6.45) is 0. The highest BCUT2D eigenvalue weighted by molar-refractivity contribution is 5.97. The lowest BCUT2D eigenvalue weighted by Gasteiger charge is -2.06. The molecule has 0 atom stereocenters. The van der Waals surface area contributed by atoms with Crippen molar-refractivity contribution in [1.29, 1.82) is 0 Å². The molecule has 104 valence electrons. The number of nitro groups is 1. The van der Waals surface area contributed by atoms with Crippen LogP contribution in [0.2, 0.25) is 0 Å². The molecule has 0 fully saturated rings. The van der Waals surface area contributed by atoms with Crippen molar-refractivity contribution >= 4 is 22.5 Å². The van der Waals surface area contributed by atoms with Crippen LogP contribution in [0.5, 0.6) is 0 Å². The Morgan fingerprint density at radius 1 is 1.10 bits per heavy atom. The fraction of sp³-hybridized carbons (Fsp3) is 0.0625. The van der Waals surface area contributed by atoms with E-state index in [1.54, 1.807) is 16.7 Å². The Bertz CT molecular complexity index is 848. The molecule has 5 heteroatoms. The Balaban J connectivity index is 2.22. The summed E-state index contributed by atoms with van der Waals surface area (Å²) in [5.41, 5.74) is 2.37. The van der Waals surface area contributed by atoms with Gasteiger partial charge in [-0.05, 0) is 29.8 Å². The van der Waals surface area contributed by atoms with Crippen molar-refractivity contribution in [3.05, 3.63) is 64.7 Å². The van der Waals surface area contributed by atoms with Crippen molar-refractivity contribution in [2.24, 2.45) is 0 Å². The number of carbonyl (C=O) groups is 1. The van der Waals surface area contributed by atoms with Gasteiger partial charge in [-0.2, -0.15) is 0 Å². The van der Waals surface area contributed by atoms with Crippen LogP contribution >= 0.6 is 0 Å². The zero-order valence-electron chi connectivity index (χ0n) is 11.3. The van der Waals surface area contributed by atoms with E-state index in [9.17, 15) is 14.9 Å². The third kappa shape index (κ3) is 2.18. The van der Waals surface area contributed by atoms with Crippen LogP contribution in [0.3, 0.4) is 0 Å². The van der Waals surface area contributed by atoms with Gasteiger partial charge >= 0.3 is 0 Å². The third-order valence-electron chi connectivity index (χ3n) is 3.40. The predicted octanol–water partition coefficient (Wildman–Crippen LogP) is 3.88. The molecule has 0 aliphatic heterocycles. The number of aromatic nitrogens is 1. The summed E-state index contributed by atoms with van der Waals surface area (Å²) in [5.74, 6) is -0.0930. The summed E-state index contributed by atoms with van der Waals surface area (Å²) < 4.78 is 1.62. The number of hydrogen-bond acceptors (Lipinski definition) is 3. The molecule has 0 amide bonds. The molecule has 2 aromatic carbocycles. The van der Waals surface area contributed by atoms with Gasteiger partial charge in [-0.1, -0.05) is 18.2 Å². The molecule has 21 heavy (non-hydrogen) atoms. The van der Waals surface area contributed by atoms with Gasteiger partial charge in [-0.15, -0.1) is 0 Å². The molecular weight excluding hydrogens is 268 g/mol. The highest BCUT2D eigenvalue weighted by Crippen LogP contribution is 2.29. The average Bonchev–Trinajstić information content (AvgIpc) is 2.86. The zero-order valence-corrected chi connectivity index (χ0v) is 11.3. The fourth-order valence-corrected chi connectivity index (χ4v) is 2.46. The molecule has 0 aliphatic rings. The summed E-state index contributed by atoms with van der Waals surface area (Å²) in [7, 11) is 0. The van der Waals surface area contributed by atoms with Crippen LogP contribution in [0.25, 0.3) is 22.2 Å². The molecule has 3 rings (SSSR count). The Labute approximate surface area is 120 Å². The Morgan fingerprint density at radius 2 is 1.76 bits per heavy atom. The lowest BCUT2D eigenvalue weighted by atomic mass is 10.1. The molecular formula is C16H12N2O3. The minimum Gasteiger partial charge on any atom is -0.280 e. The van der Waals surface area contributed by atoms with Crippen LogP contribution in [-0.2, 0) is 0 Å². The highest BCUT2D eigenvalue weighted by Gasteiger charge is 2.14. The number of rotatable bonds is 2. The van der Waals surface area contributed by atoms with Crippen molar-refractivity contribution in [2.45, 2.75) is 6.92 Å². The van der Waals surface area contributed by atoms with E-state index in [0.29, 0.717) is 0 Å². The largest absolute Gasteiger partial charge is 0.280 e. The first-order chi connectivity index (χ1) is 10.1. The molecule has 0 unspecified atom stereocenters. The van der Waals surface area contributed by atoms with Crippen LogP contribution in [0.15, 0.2) is 54.6 Å². The first kappa shape index (κ1) is 13.1. The molecule has 3 aromatic rings. The van der Waals surface area contributed by atoms with Crippen molar-refractivity contribution in [3.63, 3.8) is 0 Å². The van der Waals surface area contributed by atoms with Gasteiger partial charge in [0.05, 0.1) is 16.1 Å². The number of non-ortho nitro benzene ring substituents is 1. The van der Waals surface area contributed by atoms with E-state index in [2.05, 4.69) is 0 Å². The second-order valence-corrected chi connectivity index (χ2v) is 4.75. The van der Waals surface area contributed by atoms with Crippen molar-refractivity contribution in [2.75, 3.05) is 0 Å². The van der Waals surface area contributed by atoms with E-state index in [1.807, 2.05) is 30.3 Å². The normalized spacial score (nSPS) is 10.7. The Hall–Kier alpha value is -2.95. The minimum absolute atomic E-state index is 0.0317. The quantitative estimate of drug-likeness (QED) is 0.528. The van der Waals surface area contributed by atoms with Crippen molar-refractivity contribution in [3.8, 4) is 11.3 Å². The Morgan fingerprint density at radius 3 is 2.38 bits per heavy atom. The number of nitro benzene ring substituents is 1. The van der Waals surface area contributed by atoms with Crippen LogP contribution in [0.4, 0.5) is 5.69 Å². The smallest absolute Gasteiger partial charge is 0.269 e. The molecule has 0 spiro atoms. The van der Waals surface area contributed by atoms with Crippen LogP contribution in [0, 0.1) is 10.1 Å². The van der Waals surface area contributed by atoms with Crippen molar-refractivity contribution in [1.82, 2.24) is 4.57 Å². The van der Waals surface area contributed by atoms with Gasteiger partial charge in [-0.25, -0.2) is 0 Å². The molecule has 0 saturated carbocycles. The maximum atomic E-state index is 11.9. The third-order valence-corrected chi connectivity index (χ3v) is 3.40. The summed E-state index contributed by atoms with van der Waals surface area (Å²) in [4.78, 5) is 22.2. The molecule has 0 bridgehead atoms.